The van der Waals surface area contributed by atoms with Crippen molar-refractivity contribution < 1.29 is 9.47 Å². The first-order valence-electron chi connectivity index (χ1n) is 10.7. The Kier molecular flexibility index (Phi) is 7.87. The molecular formula is C25H24BrIN4O2. The van der Waals surface area contributed by atoms with Crippen LogP contribution in [0.4, 0.5) is 5.95 Å². The molecular weight excluding hydrogens is 595 g/mol. The van der Waals surface area contributed by atoms with Crippen LogP contribution in [-0.2, 0) is 13.2 Å². The van der Waals surface area contributed by atoms with Crippen molar-refractivity contribution in [1.29, 1.82) is 0 Å². The van der Waals surface area contributed by atoms with Crippen molar-refractivity contribution in [2.75, 3.05) is 12.0 Å². The highest BCUT2D eigenvalue weighted by atomic mass is 127. The molecule has 4 rings (SSSR count). The SMILES string of the molecule is CCOc1cc(/C=N\Nc2nc3ccccc3n2CC)cc(I)c1OCc1ccc(Br)cc1. The number of fused-ring (bicyclic) bond motifs is 1. The van der Waals surface area contributed by atoms with Gasteiger partial charge in [0.2, 0.25) is 5.95 Å². The second-order valence-electron chi connectivity index (χ2n) is 7.22. The van der Waals surface area contributed by atoms with Crippen molar-refractivity contribution >= 4 is 61.7 Å². The average Bonchev–Trinajstić information content (AvgIpc) is 3.17. The number of rotatable bonds is 9. The highest BCUT2D eigenvalue weighted by molar-refractivity contribution is 14.1. The lowest BCUT2D eigenvalue weighted by Gasteiger charge is -2.15. The molecule has 1 aromatic heterocycles. The van der Waals surface area contributed by atoms with Crippen LogP contribution in [-0.4, -0.2) is 22.4 Å². The van der Waals surface area contributed by atoms with Crippen molar-refractivity contribution in [2.24, 2.45) is 5.10 Å². The zero-order valence-corrected chi connectivity index (χ0v) is 22.1. The van der Waals surface area contributed by atoms with E-state index in [-0.39, 0.29) is 0 Å². The van der Waals surface area contributed by atoms with Gasteiger partial charge in [-0.1, -0.05) is 40.2 Å². The summed E-state index contributed by atoms with van der Waals surface area (Å²) in [7, 11) is 0. The van der Waals surface area contributed by atoms with Crippen LogP contribution < -0.4 is 14.9 Å². The van der Waals surface area contributed by atoms with Crippen LogP contribution in [0.3, 0.4) is 0 Å². The predicted molar refractivity (Wildman–Crippen MR) is 145 cm³/mol. The minimum absolute atomic E-state index is 0.464. The van der Waals surface area contributed by atoms with Crippen molar-refractivity contribution in [2.45, 2.75) is 27.0 Å². The fourth-order valence-corrected chi connectivity index (χ4v) is 4.49. The lowest BCUT2D eigenvalue weighted by atomic mass is 10.2. The molecule has 0 unspecified atom stereocenters. The largest absolute Gasteiger partial charge is 0.490 e. The molecule has 0 saturated carbocycles. The molecule has 170 valence electrons. The molecule has 0 atom stereocenters. The number of aryl methyl sites for hydroxylation is 1. The van der Waals surface area contributed by atoms with E-state index in [1.54, 1.807) is 6.21 Å². The Morgan fingerprint density at radius 2 is 1.88 bits per heavy atom. The van der Waals surface area contributed by atoms with Crippen LogP contribution in [0.1, 0.15) is 25.0 Å². The Bertz CT molecular complexity index is 1270. The Hall–Kier alpha value is -2.59. The topological polar surface area (TPSA) is 60.7 Å². The Morgan fingerprint density at radius 1 is 1.09 bits per heavy atom. The minimum Gasteiger partial charge on any atom is -0.490 e. The number of para-hydroxylation sites is 2. The summed E-state index contributed by atoms with van der Waals surface area (Å²) in [5, 5.41) is 4.43. The zero-order chi connectivity index (χ0) is 23.2. The minimum atomic E-state index is 0.464. The van der Waals surface area contributed by atoms with Crippen molar-refractivity contribution in [1.82, 2.24) is 9.55 Å². The fourth-order valence-electron chi connectivity index (χ4n) is 3.45. The number of imidazole rings is 1. The maximum absolute atomic E-state index is 6.12. The van der Waals surface area contributed by atoms with Crippen LogP contribution in [0.2, 0.25) is 0 Å². The molecule has 0 aliphatic rings. The predicted octanol–water partition coefficient (Wildman–Crippen LogP) is 6.85. The number of halogens is 2. The highest BCUT2D eigenvalue weighted by Crippen LogP contribution is 2.34. The lowest BCUT2D eigenvalue weighted by molar-refractivity contribution is 0.267. The third kappa shape index (κ3) is 5.67. The van der Waals surface area contributed by atoms with Gasteiger partial charge in [-0.25, -0.2) is 10.4 Å². The molecule has 0 bridgehead atoms. The zero-order valence-electron chi connectivity index (χ0n) is 18.4. The first-order chi connectivity index (χ1) is 16.1. The Labute approximate surface area is 215 Å². The number of hydrazone groups is 1. The van der Waals surface area contributed by atoms with Gasteiger partial charge in [-0.2, -0.15) is 5.10 Å². The highest BCUT2D eigenvalue weighted by Gasteiger charge is 2.13. The molecule has 0 saturated heterocycles. The number of hydrogen-bond donors (Lipinski definition) is 1. The molecule has 0 spiro atoms. The summed E-state index contributed by atoms with van der Waals surface area (Å²) in [5.41, 5.74) is 7.10. The van der Waals surface area contributed by atoms with Gasteiger partial charge in [0.25, 0.3) is 0 Å². The standard InChI is InChI=1S/C25H24BrIN4O2/c1-3-31-22-8-6-5-7-21(22)29-25(31)30-28-15-18-13-20(27)24(23(14-18)32-4-2)33-16-17-9-11-19(26)12-10-17/h5-15H,3-4,16H2,1-2H3,(H,29,30)/b28-15-. The van der Waals surface area contributed by atoms with Gasteiger partial charge in [0, 0.05) is 11.0 Å². The molecule has 0 amide bonds. The van der Waals surface area contributed by atoms with Crippen molar-refractivity contribution in [3.05, 3.63) is 79.8 Å². The molecule has 1 heterocycles. The molecule has 6 nitrogen and oxygen atoms in total. The van der Waals surface area contributed by atoms with E-state index < -0.39 is 0 Å². The van der Waals surface area contributed by atoms with E-state index in [2.05, 4.69) is 71.6 Å². The number of ether oxygens (including phenoxy) is 2. The second kappa shape index (κ2) is 11.0. The molecule has 0 aliphatic heterocycles. The summed E-state index contributed by atoms with van der Waals surface area (Å²) in [6, 6.07) is 20.1. The molecule has 0 aliphatic carbocycles. The van der Waals surface area contributed by atoms with Crippen LogP contribution in [0, 0.1) is 3.57 Å². The molecule has 1 N–H and O–H groups in total. The van der Waals surface area contributed by atoms with E-state index >= 15 is 0 Å². The summed E-state index contributed by atoms with van der Waals surface area (Å²) in [5.74, 6) is 2.14. The smallest absolute Gasteiger partial charge is 0.224 e. The summed E-state index contributed by atoms with van der Waals surface area (Å²) in [4.78, 5) is 4.64. The van der Waals surface area contributed by atoms with Gasteiger partial charge >= 0.3 is 0 Å². The van der Waals surface area contributed by atoms with Gasteiger partial charge in [-0.15, -0.1) is 0 Å². The third-order valence-electron chi connectivity index (χ3n) is 4.98. The Balaban J connectivity index is 1.52. The van der Waals surface area contributed by atoms with E-state index in [0.29, 0.717) is 24.9 Å². The first kappa shape index (κ1) is 23.6. The molecule has 0 radical (unpaired) electrons. The molecule has 4 aromatic rings. The van der Waals surface area contributed by atoms with Gasteiger partial charge in [-0.05, 0) is 84.0 Å². The van der Waals surface area contributed by atoms with E-state index in [1.165, 1.54) is 0 Å². The van der Waals surface area contributed by atoms with Gasteiger partial charge in [0.15, 0.2) is 11.5 Å². The lowest BCUT2D eigenvalue weighted by Crippen LogP contribution is -2.03. The fraction of sp³-hybridized carbons (Fsp3) is 0.200. The number of nitrogens with one attached hydrogen (secondary N) is 1. The van der Waals surface area contributed by atoms with E-state index in [4.69, 9.17) is 9.47 Å². The van der Waals surface area contributed by atoms with E-state index in [9.17, 15) is 0 Å². The van der Waals surface area contributed by atoms with Crippen LogP contribution >= 0.6 is 38.5 Å². The summed E-state index contributed by atoms with van der Waals surface area (Å²) in [6.45, 7) is 5.86. The molecule has 3 aromatic carbocycles. The first-order valence-corrected chi connectivity index (χ1v) is 12.5. The molecule has 8 heteroatoms. The summed E-state index contributed by atoms with van der Waals surface area (Å²) in [6.07, 6.45) is 1.77. The Morgan fingerprint density at radius 3 is 2.64 bits per heavy atom. The van der Waals surface area contributed by atoms with E-state index in [0.717, 1.165) is 42.5 Å². The van der Waals surface area contributed by atoms with Gasteiger partial charge < -0.3 is 14.0 Å². The van der Waals surface area contributed by atoms with Crippen molar-refractivity contribution in [3.8, 4) is 11.5 Å². The number of benzene rings is 3. The summed E-state index contributed by atoms with van der Waals surface area (Å²) >= 11 is 5.73. The second-order valence-corrected chi connectivity index (χ2v) is 9.29. The van der Waals surface area contributed by atoms with Gasteiger partial charge in [0.05, 0.1) is 27.4 Å². The van der Waals surface area contributed by atoms with Gasteiger partial charge in [0.1, 0.15) is 6.61 Å². The third-order valence-corrected chi connectivity index (χ3v) is 6.31. The number of nitrogens with zero attached hydrogens (tertiary/aromatic N) is 3. The molecule has 33 heavy (non-hydrogen) atoms. The van der Waals surface area contributed by atoms with Crippen LogP contribution in [0.25, 0.3) is 11.0 Å². The average molecular weight is 619 g/mol. The summed E-state index contributed by atoms with van der Waals surface area (Å²) < 4.78 is 16.1. The quantitative estimate of drug-likeness (QED) is 0.127. The number of hydrogen-bond acceptors (Lipinski definition) is 5. The van der Waals surface area contributed by atoms with Crippen LogP contribution in [0.5, 0.6) is 11.5 Å². The van der Waals surface area contributed by atoms with Crippen molar-refractivity contribution in [3.63, 3.8) is 0 Å². The molecule has 0 fully saturated rings. The number of anilines is 1. The monoisotopic (exact) mass is 618 g/mol. The van der Waals surface area contributed by atoms with Gasteiger partial charge in [-0.3, -0.25) is 0 Å². The normalized spacial score (nSPS) is 11.3. The number of aromatic nitrogens is 2. The maximum atomic E-state index is 6.12. The van der Waals surface area contributed by atoms with Crippen LogP contribution in [0.15, 0.2) is 70.2 Å². The van der Waals surface area contributed by atoms with E-state index in [1.807, 2.05) is 61.5 Å². The maximum Gasteiger partial charge on any atom is 0.224 e.